The average Bonchev–Trinajstić information content (AvgIpc) is 0.875. The number of hydrogen-bond acceptors (Lipinski definition) is 13. The Morgan fingerprint density at radius 3 is 0.902 bits per heavy atom. The molecule has 3 unspecified atom stereocenters. The molecule has 6 rings (SSSR count). The monoisotopic (exact) mass is 1350 g/mol. The number of hydrazine groups is 5. The molecule has 4 aromatic carbocycles. The topological polar surface area (TPSA) is 191 Å². The third-order valence-corrected chi connectivity index (χ3v) is 27.6. The van der Waals surface area contributed by atoms with Crippen molar-refractivity contribution in [2.24, 2.45) is 0 Å². The summed E-state index contributed by atoms with van der Waals surface area (Å²) in [7, 11) is -16.3. The second-order valence-corrected chi connectivity index (χ2v) is 35.6. The van der Waals surface area contributed by atoms with Crippen LogP contribution in [-0.2, 0) is 39.5 Å². The van der Waals surface area contributed by atoms with E-state index in [-0.39, 0.29) is 51.3 Å². The molecule has 0 bridgehead atoms. The first-order valence-corrected chi connectivity index (χ1v) is 42.3. The van der Waals surface area contributed by atoms with Crippen molar-refractivity contribution in [1.29, 1.82) is 0 Å². The van der Waals surface area contributed by atoms with E-state index in [4.69, 9.17) is 0 Å². The largest absolute Gasteiger partial charge is 0.271 e. The summed E-state index contributed by atoms with van der Waals surface area (Å²) in [6.07, 6.45) is 41.1. The molecule has 518 valence electrons. The Morgan fingerprint density at radius 1 is 0.283 bits per heavy atom. The Hall–Kier alpha value is -3.56. The van der Waals surface area contributed by atoms with Crippen LogP contribution in [0.2, 0.25) is 0 Å². The molecular formula is C74H120N6O8S4. The molecule has 4 N–H and O–H groups in total. The van der Waals surface area contributed by atoms with Crippen LogP contribution in [0.15, 0.2) is 117 Å². The fourth-order valence-electron chi connectivity index (χ4n) is 13.4. The summed E-state index contributed by atoms with van der Waals surface area (Å²) >= 11 is 0. The van der Waals surface area contributed by atoms with E-state index in [0.717, 1.165) is 110 Å². The maximum absolute atomic E-state index is 15.0. The standard InChI is InChI=1S/C74H120N6O8S4/c1-63-44-52-70(53-45-63)89(81,82)68-41-35-30-26-22-23-27-31-38-62-79(67-39-33-28-24-20-18-16-14-12-10-8-6-5-7-9-11-13-15-17-19-21-25-29-34-40-67)77-78-80(92(87,88)73-58-50-66(4)51-59-73)76-75-74(91(85,86)72-56-48-65(3)49-57-72)43-37-32-36-42-69(61-60-68)90(83,84)71-54-46-64(2)47-55-71/h44-59,67-69,74-78H,5-43,60-62H2,1-4H3. The van der Waals surface area contributed by atoms with Gasteiger partial charge in [0.25, 0.3) is 10.0 Å². The number of nitrogens with one attached hydrogen (secondary N) is 4. The van der Waals surface area contributed by atoms with Gasteiger partial charge in [0.05, 0.1) is 30.1 Å². The zero-order valence-electron chi connectivity index (χ0n) is 57.0. The van der Waals surface area contributed by atoms with Crippen LogP contribution in [0.25, 0.3) is 0 Å². The highest BCUT2D eigenvalue weighted by molar-refractivity contribution is 7.92. The van der Waals surface area contributed by atoms with Gasteiger partial charge in [-0.25, -0.2) is 44.1 Å². The lowest BCUT2D eigenvalue weighted by Gasteiger charge is -2.35. The van der Waals surface area contributed by atoms with Crippen molar-refractivity contribution in [1.82, 2.24) is 31.6 Å². The third kappa shape index (κ3) is 27.2. The Morgan fingerprint density at radius 2 is 0.554 bits per heavy atom. The summed E-state index contributed by atoms with van der Waals surface area (Å²) in [6.45, 7) is 8.28. The molecule has 1 saturated heterocycles. The molecule has 1 aliphatic heterocycles. The molecule has 1 saturated carbocycles. The molecule has 4 aromatic rings. The van der Waals surface area contributed by atoms with Gasteiger partial charge in [-0.1, -0.05) is 283 Å². The van der Waals surface area contributed by atoms with Gasteiger partial charge in [0.15, 0.2) is 29.5 Å². The molecule has 0 spiro atoms. The van der Waals surface area contributed by atoms with Crippen LogP contribution in [0.1, 0.15) is 286 Å². The van der Waals surface area contributed by atoms with Crippen molar-refractivity contribution in [3.8, 4) is 0 Å². The van der Waals surface area contributed by atoms with Crippen LogP contribution in [0.3, 0.4) is 0 Å². The molecule has 0 radical (unpaired) electrons. The number of rotatable bonds is 9. The summed E-state index contributed by atoms with van der Waals surface area (Å²) in [6, 6.07) is 27.1. The Bertz CT molecular complexity index is 3090. The Labute approximate surface area is 559 Å². The molecule has 1 aliphatic carbocycles. The molecule has 0 amide bonds. The van der Waals surface area contributed by atoms with Crippen molar-refractivity contribution in [2.45, 2.75) is 332 Å². The maximum Gasteiger partial charge on any atom is 0.271 e. The number of aryl methyl sites for hydroxylation is 4. The normalized spacial score (nSPS) is 22.6. The SMILES string of the molecule is Cc1ccc(S(=O)(=O)C2CCCCCCCCCCN(C3CCCCCCCCCCCCCCCCCCCCCCCCC3)NNN(S(=O)(=O)c3ccc(C)cc3)NNC(S(=O)(=O)c3ccc(C)cc3)CCCCCC(S(=O)(=O)c3ccc(C)cc3)CC2)cc1. The van der Waals surface area contributed by atoms with Crippen LogP contribution in [-0.4, -0.2) is 71.7 Å². The van der Waals surface area contributed by atoms with Crippen LogP contribution in [0, 0.1) is 27.7 Å². The van der Waals surface area contributed by atoms with Crippen LogP contribution in [0.5, 0.6) is 0 Å². The Balaban J connectivity index is 1.29. The van der Waals surface area contributed by atoms with Crippen molar-refractivity contribution >= 4 is 39.5 Å². The number of sulfonamides is 1. The molecule has 2 fully saturated rings. The van der Waals surface area contributed by atoms with Gasteiger partial charge < -0.3 is 0 Å². The number of nitrogens with zero attached hydrogens (tertiary/aromatic N) is 2. The molecule has 18 heteroatoms. The average molecular weight is 1350 g/mol. The van der Waals surface area contributed by atoms with Crippen molar-refractivity contribution in [3.63, 3.8) is 0 Å². The van der Waals surface area contributed by atoms with E-state index in [1.54, 1.807) is 84.9 Å². The minimum Gasteiger partial charge on any atom is -0.227 e. The Kier molecular flexibility index (Phi) is 35.5. The fraction of sp³-hybridized carbons (Fsp3) is 0.676. The predicted molar refractivity (Wildman–Crippen MR) is 379 cm³/mol. The van der Waals surface area contributed by atoms with Crippen LogP contribution in [0.4, 0.5) is 0 Å². The van der Waals surface area contributed by atoms with Crippen molar-refractivity contribution in [2.75, 3.05) is 6.54 Å². The highest BCUT2D eigenvalue weighted by Gasteiger charge is 2.35. The summed E-state index contributed by atoms with van der Waals surface area (Å²) in [5.41, 5.74) is 16.0. The van der Waals surface area contributed by atoms with Gasteiger partial charge in [-0.2, -0.15) is 11.1 Å². The third-order valence-electron chi connectivity index (χ3n) is 19.5. The van der Waals surface area contributed by atoms with E-state index in [2.05, 4.69) is 27.0 Å². The molecule has 3 atom stereocenters. The molecular weight excluding hydrogens is 1230 g/mol. The van der Waals surface area contributed by atoms with Gasteiger partial charge in [-0.15, -0.1) is 5.53 Å². The summed E-state index contributed by atoms with van der Waals surface area (Å²) in [5.74, 6) is 0. The van der Waals surface area contributed by atoms with Crippen molar-refractivity contribution < 1.29 is 33.7 Å². The lowest BCUT2D eigenvalue weighted by molar-refractivity contribution is 0.0215. The predicted octanol–water partition coefficient (Wildman–Crippen LogP) is 18.0. The van der Waals surface area contributed by atoms with Gasteiger partial charge in [0, 0.05) is 12.6 Å². The highest BCUT2D eigenvalue weighted by Crippen LogP contribution is 2.32. The quantitative estimate of drug-likeness (QED) is 0.124. The van der Waals surface area contributed by atoms with Gasteiger partial charge in [-0.05, 0) is 132 Å². The van der Waals surface area contributed by atoms with Crippen LogP contribution >= 0.6 is 0 Å². The van der Waals surface area contributed by atoms with Gasteiger partial charge in [-0.3, -0.25) is 0 Å². The molecule has 1 heterocycles. The van der Waals surface area contributed by atoms with E-state index in [0.29, 0.717) is 38.6 Å². The first-order valence-electron chi connectivity index (χ1n) is 36.2. The first-order chi connectivity index (χ1) is 44.4. The highest BCUT2D eigenvalue weighted by atomic mass is 32.2. The van der Waals surface area contributed by atoms with Crippen LogP contribution < -0.4 is 22.0 Å². The van der Waals surface area contributed by atoms with E-state index in [1.807, 2.05) is 39.8 Å². The molecule has 14 nitrogen and oxygen atoms in total. The minimum absolute atomic E-state index is 0.00999. The van der Waals surface area contributed by atoms with Gasteiger partial charge in [0.2, 0.25) is 0 Å². The van der Waals surface area contributed by atoms with E-state index in [9.17, 15) is 25.3 Å². The van der Waals surface area contributed by atoms with E-state index >= 15 is 8.42 Å². The number of benzene rings is 4. The zero-order chi connectivity index (χ0) is 65.9. The second kappa shape index (κ2) is 42.2. The zero-order valence-corrected chi connectivity index (χ0v) is 60.3. The maximum atomic E-state index is 15.0. The fourth-order valence-corrected chi connectivity index (χ4v) is 19.6. The summed E-state index contributed by atoms with van der Waals surface area (Å²) in [5, 5.41) is -0.769. The van der Waals surface area contributed by atoms with E-state index < -0.39 is 55.4 Å². The lowest BCUT2D eigenvalue weighted by atomic mass is 9.98. The first kappa shape index (κ1) is 77.4. The molecule has 2 aliphatic rings. The van der Waals surface area contributed by atoms with Gasteiger partial charge in [0.1, 0.15) is 5.37 Å². The van der Waals surface area contributed by atoms with Crippen molar-refractivity contribution in [3.05, 3.63) is 119 Å². The minimum atomic E-state index is -4.40. The lowest BCUT2D eigenvalue weighted by Crippen LogP contribution is -2.66. The van der Waals surface area contributed by atoms with Gasteiger partial charge >= 0.3 is 0 Å². The molecule has 0 aromatic heterocycles. The molecule has 92 heavy (non-hydrogen) atoms. The summed E-state index contributed by atoms with van der Waals surface area (Å²) < 4.78 is 119. The summed E-state index contributed by atoms with van der Waals surface area (Å²) in [4.78, 5) is 0.531. The second-order valence-electron chi connectivity index (χ2n) is 27.3. The number of sulfone groups is 3. The van der Waals surface area contributed by atoms with E-state index in [1.165, 1.54) is 122 Å². The smallest absolute Gasteiger partial charge is 0.227 e. The number of hydrogen-bond donors (Lipinski definition) is 4.